The smallest absolute Gasteiger partial charge is 0.141 e. The molecule has 2 aromatic rings. The average Bonchev–Trinajstić information content (AvgIpc) is 2.59. The van der Waals surface area contributed by atoms with Crippen molar-refractivity contribution in [2.75, 3.05) is 32.7 Å². The second kappa shape index (κ2) is 7.47. The molecule has 0 aliphatic carbocycles. The second-order valence-electron chi connectivity index (χ2n) is 6.73. The highest BCUT2D eigenvalue weighted by Crippen LogP contribution is 2.27. The molecule has 0 spiro atoms. The molecule has 1 fully saturated rings. The van der Waals surface area contributed by atoms with Gasteiger partial charge in [0.15, 0.2) is 0 Å². The first-order valence-electron chi connectivity index (χ1n) is 8.77. The van der Waals surface area contributed by atoms with Gasteiger partial charge in [-0.2, -0.15) is 0 Å². The molecule has 1 atom stereocenters. The number of piperazine rings is 1. The molecule has 3 rings (SSSR count). The topological polar surface area (TPSA) is 59.8 Å². The lowest BCUT2D eigenvalue weighted by molar-refractivity contribution is 0.0688. The summed E-state index contributed by atoms with van der Waals surface area (Å²) < 4.78 is 0. The molecule has 1 aromatic heterocycles. The minimum absolute atomic E-state index is 0.216. The van der Waals surface area contributed by atoms with Crippen molar-refractivity contribution in [3.8, 4) is 5.75 Å². The fourth-order valence-electron chi connectivity index (χ4n) is 3.30. The van der Waals surface area contributed by atoms with Crippen LogP contribution < -0.4 is 0 Å². The Morgan fingerprint density at radius 3 is 2.50 bits per heavy atom. The van der Waals surface area contributed by atoms with E-state index in [-0.39, 0.29) is 11.9 Å². The van der Waals surface area contributed by atoms with Crippen LogP contribution in [0.3, 0.4) is 0 Å². The Morgan fingerprint density at radius 2 is 1.79 bits per heavy atom. The van der Waals surface area contributed by atoms with E-state index in [0.29, 0.717) is 5.52 Å². The van der Waals surface area contributed by atoms with E-state index in [0.717, 1.165) is 56.8 Å². The summed E-state index contributed by atoms with van der Waals surface area (Å²) in [6.07, 6.45) is 0.596. The van der Waals surface area contributed by atoms with Crippen molar-refractivity contribution in [2.45, 2.75) is 32.9 Å². The molecule has 5 nitrogen and oxygen atoms in total. The van der Waals surface area contributed by atoms with E-state index < -0.39 is 0 Å². The van der Waals surface area contributed by atoms with Gasteiger partial charge in [0.05, 0.1) is 6.10 Å². The number of hydrogen-bond acceptors (Lipinski definition) is 5. The van der Waals surface area contributed by atoms with E-state index >= 15 is 0 Å². The molecule has 130 valence electrons. The van der Waals surface area contributed by atoms with E-state index in [9.17, 15) is 10.2 Å². The fraction of sp³-hybridized carbons (Fsp3) is 0.526. The van der Waals surface area contributed by atoms with Crippen LogP contribution in [-0.2, 0) is 6.54 Å². The zero-order valence-corrected chi connectivity index (χ0v) is 14.6. The number of aromatic hydroxyl groups is 1. The molecular weight excluding hydrogens is 302 g/mol. The largest absolute Gasteiger partial charge is 0.506 e. The second-order valence-corrected chi connectivity index (χ2v) is 6.73. The van der Waals surface area contributed by atoms with Gasteiger partial charge in [-0.15, -0.1) is 0 Å². The third-order valence-electron chi connectivity index (χ3n) is 4.86. The summed E-state index contributed by atoms with van der Waals surface area (Å²) in [4.78, 5) is 9.25. The molecule has 0 amide bonds. The summed E-state index contributed by atoms with van der Waals surface area (Å²) in [6, 6.07) is 7.80. The van der Waals surface area contributed by atoms with Gasteiger partial charge >= 0.3 is 0 Å². The maximum absolute atomic E-state index is 10.1. The summed E-state index contributed by atoms with van der Waals surface area (Å²) in [5, 5.41) is 20.9. The fourth-order valence-corrected chi connectivity index (χ4v) is 3.30. The van der Waals surface area contributed by atoms with Crippen LogP contribution in [0.15, 0.2) is 24.3 Å². The zero-order chi connectivity index (χ0) is 17.1. The van der Waals surface area contributed by atoms with Crippen LogP contribution >= 0.6 is 0 Å². The molecule has 1 saturated heterocycles. The number of aryl methyl sites for hydroxylation is 1. The van der Waals surface area contributed by atoms with Gasteiger partial charge in [-0.3, -0.25) is 9.80 Å². The summed E-state index contributed by atoms with van der Waals surface area (Å²) >= 11 is 0. The van der Waals surface area contributed by atoms with Gasteiger partial charge < -0.3 is 10.2 Å². The molecule has 0 bridgehead atoms. The van der Waals surface area contributed by atoms with Crippen LogP contribution in [0.5, 0.6) is 5.75 Å². The Morgan fingerprint density at radius 1 is 1.08 bits per heavy atom. The molecule has 0 unspecified atom stereocenters. The van der Waals surface area contributed by atoms with Crippen molar-refractivity contribution in [3.05, 3.63) is 35.5 Å². The number of phenols is 1. The Bertz CT molecular complexity index is 696. The van der Waals surface area contributed by atoms with Crippen molar-refractivity contribution >= 4 is 10.9 Å². The summed E-state index contributed by atoms with van der Waals surface area (Å²) in [6.45, 7) is 9.58. The Kier molecular flexibility index (Phi) is 5.33. The van der Waals surface area contributed by atoms with E-state index in [1.165, 1.54) is 5.56 Å². The molecule has 2 heterocycles. The maximum Gasteiger partial charge on any atom is 0.141 e. The third-order valence-corrected chi connectivity index (χ3v) is 4.86. The highest BCUT2D eigenvalue weighted by atomic mass is 16.3. The van der Waals surface area contributed by atoms with Crippen LogP contribution in [0.2, 0.25) is 0 Å². The lowest BCUT2D eigenvalue weighted by atomic mass is 10.1. The first-order chi connectivity index (χ1) is 11.6. The number of phenolic OH excluding ortho intramolecular Hbond substituents is 1. The molecule has 1 aromatic carbocycles. The van der Waals surface area contributed by atoms with Gasteiger partial charge in [-0.1, -0.05) is 19.1 Å². The Hall–Kier alpha value is -1.69. The zero-order valence-electron chi connectivity index (χ0n) is 14.6. The van der Waals surface area contributed by atoms with E-state index in [2.05, 4.69) is 20.9 Å². The molecular formula is C19H27N3O2. The first-order valence-corrected chi connectivity index (χ1v) is 8.77. The first kappa shape index (κ1) is 17.1. The molecule has 0 radical (unpaired) electrons. The number of pyridine rings is 1. The molecule has 24 heavy (non-hydrogen) atoms. The Labute approximate surface area is 143 Å². The lowest BCUT2D eigenvalue weighted by Gasteiger charge is -2.35. The number of aliphatic hydroxyl groups is 1. The number of benzene rings is 1. The van der Waals surface area contributed by atoms with Gasteiger partial charge in [0.25, 0.3) is 0 Å². The van der Waals surface area contributed by atoms with Crippen LogP contribution in [0.4, 0.5) is 0 Å². The quantitative estimate of drug-likeness (QED) is 0.880. The normalized spacial score (nSPS) is 18.1. The highest BCUT2D eigenvalue weighted by molar-refractivity contribution is 5.87. The van der Waals surface area contributed by atoms with Crippen LogP contribution in [-0.4, -0.2) is 63.8 Å². The van der Waals surface area contributed by atoms with E-state index in [1.807, 2.05) is 26.0 Å². The molecule has 2 N–H and O–H groups in total. The van der Waals surface area contributed by atoms with E-state index in [1.54, 1.807) is 6.07 Å². The predicted molar refractivity (Wildman–Crippen MR) is 96.2 cm³/mol. The highest BCUT2D eigenvalue weighted by Gasteiger charge is 2.19. The number of fused-ring (bicyclic) bond motifs is 1. The minimum atomic E-state index is -0.216. The number of aromatic nitrogens is 1. The monoisotopic (exact) mass is 329 g/mol. The minimum Gasteiger partial charge on any atom is -0.506 e. The molecule has 1 aliphatic rings. The van der Waals surface area contributed by atoms with Crippen molar-refractivity contribution in [1.82, 2.24) is 14.8 Å². The van der Waals surface area contributed by atoms with Crippen molar-refractivity contribution in [1.29, 1.82) is 0 Å². The van der Waals surface area contributed by atoms with Gasteiger partial charge in [0, 0.05) is 50.3 Å². The van der Waals surface area contributed by atoms with Crippen LogP contribution in [0, 0.1) is 6.92 Å². The molecule has 5 heteroatoms. The van der Waals surface area contributed by atoms with Gasteiger partial charge in [-0.25, -0.2) is 4.98 Å². The van der Waals surface area contributed by atoms with Gasteiger partial charge in [0.2, 0.25) is 0 Å². The number of aliphatic hydroxyl groups excluding tert-OH is 1. The lowest BCUT2D eigenvalue weighted by Crippen LogP contribution is -2.48. The van der Waals surface area contributed by atoms with Gasteiger partial charge in [0.1, 0.15) is 11.3 Å². The molecule has 1 aliphatic heterocycles. The number of hydrogen-bond donors (Lipinski definition) is 2. The average molecular weight is 329 g/mol. The SMILES string of the molecule is CC[C@@H](O)CN1CCN(Cc2ccc(O)c3nc(C)ccc23)CC1. The van der Waals surface area contributed by atoms with Crippen molar-refractivity contribution in [2.24, 2.45) is 0 Å². The number of rotatable bonds is 5. The van der Waals surface area contributed by atoms with Crippen molar-refractivity contribution in [3.63, 3.8) is 0 Å². The number of β-amino-alcohol motifs (C(OH)–C–C–N with tert-alkyl or cyclic N) is 1. The number of nitrogens with zero attached hydrogens (tertiary/aromatic N) is 3. The Balaban J connectivity index is 1.67. The van der Waals surface area contributed by atoms with Crippen LogP contribution in [0.1, 0.15) is 24.6 Å². The summed E-state index contributed by atoms with van der Waals surface area (Å²) in [7, 11) is 0. The third kappa shape index (κ3) is 3.86. The van der Waals surface area contributed by atoms with Crippen molar-refractivity contribution < 1.29 is 10.2 Å². The summed E-state index contributed by atoms with van der Waals surface area (Å²) in [5.74, 6) is 0.246. The molecule has 0 saturated carbocycles. The van der Waals surface area contributed by atoms with Crippen LogP contribution in [0.25, 0.3) is 10.9 Å². The van der Waals surface area contributed by atoms with Gasteiger partial charge in [-0.05, 0) is 31.0 Å². The maximum atomic E-state index is 10.1. The summed E-state index contributed by atoms with van der Waals surface area (Å²) in [5.41, 5.74) is 2.81. The predicted octanol–water partition coefficient (Wildman–Crippen LogP) is 2.14. The van der Waals surface area contributed by atoms with E-state index in [4.69, 9.17) is 0 Å². The standard InChI is InChI=1S/C19H27N3O2/c1-3-16(23)13-22-10-8-21(9-11-22)12-15-5-7-18(24)19-17(15)6-4-14(2)20-19/h4-7,16,23-24H,3,8-13H2,1-2H3/t16-/m1/s1.